The maximum atomic E-state index is 12.9. The van der Waals surface area contributed by atoms with Crippen molar-refractivity contribution in [1.82, 2.24) is 19.4 Å². The summed E-state index contributed by atoms with van der Waals surface area (Å²) in [5.74, 6) is 1.03. The van der Waals surface area contributed by atoms with Crippen LogP contribution >= 0.6 is 0 Å². The van der Waals surface area contributed by atoms with E-state index in [1.54, 1.807) is 7.11 Å². The Morgan fingerprint density at radius 1 is 1.37 bits per heavy atom. The number of piperidine rings is 1. The topological polar surface area (TPSA) is 69.5 Å². The summed E-state index contributed by atoms with van der Waals surface area (Å²) in [4.78, 5) is 23.9. The SMILES string of the molecule is COCCOCc1cnc(C)nc1C1CCCN(C(=O)c2cccn2C)C1. The number of hydrogen-bond donors (Lipinski definition) is 0. The average molecular weight is 372 g/mol. The van der Waals surface area contributed by atoms with Crippen molar-refractivity contribution in [2.45, 2.75) is 32.3 Å². The standard InChI is InChI=1S/C20H28N4O3/c1-15-21-12-17(14-27-11-10-26-3)19(22-15)16-6-4-9-24(13-16)20(25)18-7-5-8-23(18)2/h5,7-8,12,16H,4,6,9-11,13-14H2,1-3H3. The van der Waals surface area contributed by atoms with Crippen LogP contribution in [0.3, 0.4) is 0 Å². The molecule has 7 nitrogen and oxygen atoms in total. The minimum atomic E-state index is 0.0795. The summed E-state index contributed by atoms with van der Waals surface area (Å²) in [5.41, 5.74) is 2.72. The summed E-state index contributed by atoms with van der Waals surface area (Å²) < 4.78 is 12.6. The zero-order chi connectivity index (χ0) is 19.2. The molecule has 7 heteroatoms. The molecule has 0 saturated carbocycles. The van der Waals surface area contributed by atoms with Gasteiger partial charge in [-0.25, -0.2) is 9.97 Å². The number of nitrogens with zero attached hydrogens (tertiary/aromatic N) is 4. The second kappa shape index (κ2) is 9.10. The van der Waals surface area contributed by atoms with Gasteiger partial charge in [0.05, 0.1) is 25.5 Å². The first-order chi connectivity index (χ1) is 13.1. The molecule has 1 aliphatic rings. The molecule has 3 rings (SSSR count). The highest BCUT2D eigenvalue weighted by Gasteiger charge is 2.28. The van der Waals surface area contributed by atoms with Crippen LogP contribution in [0, 0.1) is 6.92 Å². The fourth-order valence-corrected chi connectivity index (χ4v) is 3.53. The third-order valence-electron chi connectivity index (χ3n) is 4.97. The van der Waals surface area contributed by atoms with Gasteiger partial charge < -0.3 is 18.9 Å². The van der Waals surface area contributed by atoms with E-state index >= 15 is 0 Å². The Hall–Kier alpha value is -2.25. The van der Waals surface area contributed by atoms with Crippen molar-refractivity contribution in [2.24, 2.45) is 7.05 Å². The highest BCUT2D eigenvalue weighted by atomic mass is 16.5. The number of aromatic nitrogens is 3. The molecule has 1 amide bonds. The van der Waals surface area contributed by atoms with Gasteiger partial charge in [-0.1, -0.05) is 0 Å². The zero-order valence-electron chi connectivity index (χ0n) is 16.4. The normalized spacial score (nSPS) is 17.3. The second-order valence-electron chi connectivity index (χ2n) is 6.97. The average Bonchev–Trinajstić information content (AvgIpc) is 3.11. The summed E-state index contributed by atoms with van der Waals surface area (Å²) >= 11 is 0. The maximum Gasteiger partial charge on any atom is 0.270 e. The zero-order valence-corrected chi connectivity index (χ0v) is 16.4. The number of ether oxygens (including phenoxy) is 2. The fraction of sp³-hybridized carbons (Fsp3) is 0.550. The number of aryl methyl sites for hydroxylation is 2. The minimum Gasteiger partial charge on any atom is -0.382 e. The quantitative estimate of drug-likeness (QED) is 0.698. The number of hydrogen-bond acceptors (Lipinski definition) is 5. The predicted molar refractivity (Wildman–Crippen MR) is 102 cm³/mol. The van der Waals surface area contributed by atoms with Crippen LogP contribution in [0.1, 0.15) is 46.3 Å². The number of likely N-dealkylation sites (tertiary alicyclic amines) is 1. The smallest absolute Gasteiger partial charge is 0.270 e. The molecular weight excluding hydrogens is 344 g/mol. The van der Waals surface area contributed by atoms with Gasteiger partial charge in [-0.2, -0.15) is 0 Å². The molecule has 1 unspecified atom stereocenters. The molecule has 1 fully saturated rings. The number of carbonyl (C=O) groups excluding carboxylic acids is 1. The van der Waals surface area contributed by atoms with Gasteiger partial charge >= 0.3 is 0 Å². The Morgan fingerprint density at radius 2 is 2.22 bits per heavy atom. The van der Waals surface area contributed by atoms with Crippen LogP contribution in [-0.2, 0) is 23.1 Å². The molecule has 0 N–H and O–H groups in total. The van der Waals surface area contributed by atoms with Gasteiger partial charge in [0, 0.05) is 51.1 Å². The maximum absolute atomic E-state index is 12.9. The Bertz CT molecular complexity index is 774. The molecule has 0 radical (unpaired) electrons. The first-order valence-electron chi connectivity index (χ1n) is 9.40. The summed E-state index contributed by atoms with van der Waals surface area (Å²) in [6, 6.07) is 3.77. The monoisotopic (exact) mass is 372 g/mol. The molecule has 27 heavy (non-hydrogen) atoms. The Morgan fingerprint density at radius 3 is 2.96 bits per heavy atom. The number of methoxy groups -OCH3 is 1. The van der Waals surface area contributed by atoms with E-state index < -0.39 is 0 Å². The van der Waals surface area contributed by atoms with E-state index in [-0.39, 0.29) is 11.8 Å². The summed E-state index contributed by atoms with van der Waals surface area (Å²) in [5, 5.41) is 0. The molecular formula is C20H28N4O3. The number of amides is 1. The molecule has 1 saturated heterocycles. The van der Waals surface area contributed by atoms with E-state index in [0.717, 1.165) is 42.2 Å². The van der Waals surface area contributed by atoms with Gasteiger partial charge in [-0.3, -0.25) is 4.79 Å². The summed E-state index contributed by atoms with van der Waals surface area (Å²) in [6.07, 6.45) is 5.73. The molecule has 3 heterocycles. The largest absolute Gasteiger partial charge is 0.382 e. The van der Waals surface area contributed by atoms with Crippen LogP contribution in [0.5, 0.6) is 0 Å². The van der Waals surface area contributed by atoms with E-state index in [1.807, 2.05) is 48.0 Å². The van der Waals surface area contributed by atoms with E-state index in [4.69, 9.17) is 14.5 Å². The molecule has 0 aromatic carbocycles. The van der Waals surface area contributed by atoms with Gasteiger partial charge in [-0.15, -0.1) is 0 Å². The fourth-order valence-electron chi connectivity index (χ4n) is 3.53. The van der Waals surface area contributed by atoms with Gasteiger partial charge in [0.25, 0.3) is 5.91 Å². The lowest BCUT2D eigenvalue weighted by Gasteiger charge is -2.33. The minimum absolute atomic E-state index is 0.0795. The number of rotatable bonds is 7. The highest BCUT2D eigenvalue weighted by molar-refractivity contribution is 5.92. The third-order valence-corrected chi connectivity index (χ3v) is 4.97. The van der Waals surface area contributed by atoms with Gasteiger partial charge in [0.2, 0.25) is 0 Å². The van der Waals surface area contributed by atoms with Crippen LogP contribution in [-0.4, -0.2) is 58.8 Å². The molecule has 146 valence electrons. The summed E-state index contributed by atoms with van der Waals surface area (Å²) in [6.45, 7) is 4.91. The van der Waals surface area contributed by atoms with Gasteiger partial charge in [0.15, 0.2) is 0 Å². The predicted octanol–water partition coefficient (Wildman–Crippen LogP) is 2.31. The van der Waals surface area contributed by atoms with E-state index in [9.17, 15) is 4.79 Å². The highest BCUT2D eigenvalue weighted by Crippen LogP contribution is 2.29. The van der Waals surface area contributed by atoms with Crippen molar-refractivity contribution in [2.75, 3.05) is 33.4 Å². The van der Waals surface area contributed by atoms with Crippen molar-refractivity contribution in [1.29, 1.82) is 0 Å². The van der Waals surface area contributed by atoms with Crippen molar-refractivity contribution in [3.8, 4) is 0 Å². The van der Waals surface area contributed by atoms with E-state index in [0.29, 0.717) is 26.4 Å². The van der Waals surface area contributed by atoms with Crippen molar-refractivity contribution < 1.29 is 14.3 Å². The first kappa shape index (κ1) is 19.5. The molecule has 2 aromatic heterocycles. The molecule has 0 bridgehead atoms. The molecule has 0 spiro atoms. The van der Waals surface area contributed by atoms with Gasteiger partial charge in [0.1, 0.15) is 11.5 Å². The van der Waals surface area contributed by atoms with Crippen molar-refractivity contribution in [3.63, 3.8) is 0 Å². The first-order valence-corrected chi connectivity index (χ1v) is 9.40. The van der Waals surface area contributed by atoms with Crippen LogP contribution in [0.4, 0.5) is 0 Å². The van der Waals surface area contributed by atoms with Crippen LogP contribution in [0.25, 0.3) is 0 Å². The van der Waals surface area contributed by atoms with E-state index in [2.05, 4.69) is 4.98 Å². The van der Waals surface area contributed by atoms with Crippen LogP contribution in [0.2, 0.25) is 0 Å². The third kappa shape index (κ3) is 4.73. The Balaban J connectivity index is 1.74. The molecule has 2 aromatic rings. The van der Waals surface area contributed by atoms with Crippen molar-refractivity contribution in [3.05, 3.63) is 47.3 Å². The van der Waals surface area contributed by atoms with E-state index in [1.165, 1.54) is 0 Å². The van der Waals surface area contributed by atoms with Crippen LogP contribution in [0.15, 0.2) is 24.5 Å². The molecule has 0 aliphatic carbocycles. The lowest BCUT2D eigenvalue weighted by Crippen LogP contribution is -2.40. The lowest BCUT2D eigenvalue weighted by molar-refractivity contribution is 0.0602. The van der Waals surface area contributed by atoms with Gasteiger partial charge in [-0.05, 0) is 31.9 Å². The molecule has 1 aliphatic heterocycles. The second-order valence-corrected chi connectivity index (χ2v) is 6.97. The Kier molecular flexibility index (Phi) is 6.58. The van der Waals surface area contributed by atoms with Crippen LogP contribution < -0.4 is 0 Å². The summed E-state index contributed by atoms with van der Waals surface area (Å²) in [7, 11) is 3.56. The molecule has 1 atom stereocenters. The Labute approximate surface area is 160 Å². The van der Waals surface area contributed by atoms with Crippen molar-refractivity contribution >= 4 is 5.91 Å². The number of carbonyl (C=O) groups is 1. The lowest BCUT2D eigenvalue weighted by atomic mass is 9.92.